The van der Waals surface area contributed by atoms with Gasteiger partial charge in [-0.3, -0.25) is 0 Å². The summed E-state index contributed by atoms with van der Waals surface area (Å²) in [6.07, 6.45) is 9.64. The predicted molar refractivity (Wildman–Crippen MR) is 48.8 cm³/mol. The zero-order valence-corrected chi connectivity index (χ0v) is 7.29. The largest absolute Gasteiger partial charge is 0.150 e. The highest BCUT2D eigenvalue weighted by Gasteiger charge is 2.48. The SMILES string of the molecule is C/C=C/C[C@]12C=C(C1)C(N=O)C2. The van der Waals surface area contributed by atoms with E-state index in [0.29, 0.717) is 5.41 Å². The second-order valence-electron chi connectivity index (χ2n) is 3.86. The Morgan fingerprint density at radius 1 is 1.83 bits per heavy atom. The van der Waals surface area contributed by atoms with Crippen LogP contribution in [0.15, 0.2) is 29.0 Å². The molecule has 3 aliphatic carbocycles. The molecule has 0 amide bonds. The Morgan fingerprint density at radius 3 is 3.08 bits per heavy atom. The maximum absolute atomic E-state index is 10.4. The summed E-state index contributed by atoms with van der Waals surface area (Å²) in [5.41, 5.74) is 1.59. The van der Waals surface area contributed by atoms with Gasteiger partial charge in [-0.25, -0.2) is 0 Å². The summed E-state index contributed by atoms with van der Waals surface area (Å²) in [4.78, 5) is 10.4. The van der Waals surface area contributed by atoms with Gasteiger partial charge in [-0.1, -0.05) is 23.4 Å². The highest BCUT2D eigenvalue weighted by molar-refractivity contribution is 5.37. The smallest absolute Gasteiger partial charge is 0.114 e. The molecule has 0 saturated heterocycles. The van der Waals surface area contributed by atoms with Crippen molar-refractivity contribution in [1.82, 2.24) is 0 Å². The van der Waals surface area contributed by atoms with Crippen molar-refractivity contribution in [2.45, 2.75) is 32.2 Å². The fourth-order valence-electron chi connectivity index (χ4n) is 2.30. The third-order valence-electron chi connectivity index (χ3n) is 2.96. The van der Waals surface area contributed by atoms with Crippen LogP contribution in [-0.4, -0.2) is 6.04 Å². The van der Waals surface area contributed by atoms with Crippen molar-refractivity contribution >= 4 is 0 Å². The minimum atomic E-state index is 0.00950. The van der Waals surface area contributed by atoms with E-state index in [1.54, 1.807) is 0 Å². The fourth-order valence-corrected chi connectivity index (χ4v) is 2.30. The number of hydrogen-bond donors (Lipinski definition) is 0. The molecule has 0 aromatic carbocycles. The van der Waals surface area contributed by atoms with Gasteiger partial charge in [0.15, 0.2) is 0 Å². The Morgan fingerprint density at radius 2 is 2.58 bits per heavy atom. The van der Waals surface area contributed by atoms with E-state index in [2.05, 4.69) is 23.4 Å². The summed E-state index contributed by atoms with van der Waals surface area (Å²) >= 11 is 0. The highest BCUT2D eigenvalue weighted by Crippen LogP contribution is 2.56. The van der Waals surface area contributed by atoms with Crippen LogP contribution in [0.2, 0.25) is 0 Å². The fraction of sp³-hybridized carbons (Fsp3) is 0.600. The number of allylic oxidation sites excluding steroid dienone is 3. The van der Waals surface area contributed by atoms with Gasteiger partial charge in [0.25, 0.3) is 0 Å². The minimum absolute atomic E-state index is 0.00950. The monoisotopic (exact) mass is 163 g/mol. The number of nitroso groups, excluding NO2 is 1. The van der Waals surface area contributed by atoms with E-state index in [-0.39, 0.29) is 6.04 Å². The van der Waals surface area contributed by atoms with Crippen LogP contribution in [0.3, 0.4) is 0 Å². The van der Waals surface area contributed by atoms with Crippen LogP contribution in [0.25, 0.3) is 0 Å². The van der Waals surface area contributed by atoms with Gasteiger partial charge in [0.2, 0.25) is 0 Å². The van der Waals surface area contributed by atoms with Crippen LogP contribution < -0.4 is 0 Å². The van der Waals surface area contributed by atoms with E-state index in [1.807, 2.05) is 6.92 Å². The first kappa shape index (κ1) is 7.71. The minimum Gasteiger partial charge on any atom is -0.150 e. The normalized spacial score (nSPS) is 38.1. The van der Waals surface area contributed by atoms with Crippen LogP contribution in [0.4, 0.5) is 0 Å². The van der Waals surface area contributed by atoms with Crippen molar-refractivity contribution in [1.29, 1.82) is 0 Å². The standard InChI is InChI=1S/C10H13NO/c1-2-3-4-10-5-8(6-10)9(7-10)11-12/h2-3,5,9H,4,6-7H2,1H3/b3-2+/t9?,10-/m0/s1. The van der Waals surface area contributed by atoms with Crippen molar-refractivity contribution in [2.24, 2.45) is 10.6 Å². The third-order valence-corrected chi connectivity index (χ3v) is 2.96. The van der Waals surface area contributed by atoms with Gasteiger partial charge in [0.05, 0.1) is 0 Å². The number of rotatable bonds is 3. The molecule has 0 heterocycles. The van der Waals surface area contributed by atoms with E-state index in [1.165, 1.54) is 5.57 Å². The number of nitrogens with zero attached hydrogens (tertiary/aromatic N) is 1. The first-order chi connectivity index (χ1) is 5.79. The van der Waals surface area contributed by atoms with E-state index < -0.39 is 0 Å². The molecule has 1 fully saturated rings. The van der Waals surface area contributed by atoms with Gasteiger partial charge in [-0.15, -0.1) is 0 Å². The van der Waals surface area contributed by atoms with Crippen molar-refractivity contribution < 1.29 is 0 Å². The molecule has 3 rings (SSSR count). The topological polar surface area (TPSA) is 29.4 Å². The quantitative estimate of drug-likeness (QED) is 0.464. The number of hydrogen-bond acceptors (Lipinski definition) is 2. The predicted octanol–water partition coefficient (Wildman–Crippen LogP) is 2.81. The molecule has 0 radical (unpaired) electrons. The van der Waals surface area contributed by atoms with Gasteiger partial charge >= 0.3 is 0 Å². The van der Waals surface area contributed by atoms with Gasteiger partial charge in [-0.05, 0) is 37.2 Å². The molecule has 3 aliphatic rings. The lowest BCUT2D eigenvalue weighted by Crippen LogP contribution is -2.17. The molecular weight excluding hydrogens is 150 g/mol. The second-order valence-corrected chi connectivity index (χ2v) is 3.86. The molecule has 0 aromatic heterocycles. The van der Waals surface area contributed by atoms with E-state index in [0.717, 1.165) is 19.3 Å². The molecule has 12 heavy (non-hydrogen) atoms. The van der Waals surface area contributed by atoms with Crippen molar-refractivity contribution in [3.05, 3.63) is 28.7 Å². The van der Waals surface area contributed by atoms with Crippen LogP contribution in [0, 0.1) is 10.3 Å². The maximum atomic E-state index is 10.4. The molecule has 2 heteroatoms. The summed E-state index contributed by atoms with van der Waals surface area (Å²) in [6.45, 7) is 2.03. The van der Waals surface area contributed by atoms with Gasteiger partial charge < -0.3 is 0 Å². The first-order valence-electron chi connectivity index (χ1n) is 4.45. The summed E-state index contributed by atoms with van der Waals surface area (Å²) in [6, 6.07) is 0.00950. The summed E-state index contributed by atoms with van der Waals surface area (Å²) < 4.78 is 0. The lowest BCUT2D eigenvalue weighted by atomic mass is 9.75. The van der Waals surface area contributed by atoms with E-state index in [9.17, 15) is 4.91 Å². The number of fused-ring (bicyclic) bond motifs is 1. The summed E-state index contributed by atoms with van der Waals surface area (Å²) in [5, 5.41) is 3.12. The Bertz CT molecular complexity index is 267. The van der Waals surface area contributed by atoms with Crippen LogP contribution >= 0.6 is 0 Å². The molecule has 2 bridgehead atoms. The van der Waals surface area contributed by atoms with Gasteiger partial charge in [0, 0.05) is 0 Å². The van der Waals surface area contributed by atoms with Crippen molar-refractivity contribution in [2.75, 3.05) is 0 Å². The van der Waals surface area contributed by atoms with Crippen LogP contribution in [0.1, 0.15) is 26.2 Å². The zero-order valence-electron chi connectivity index (χ0n) is 7.29. The summed E-state index contributed by atoms with van der Waals surface area (Å²) in [7, 11) is 0. The Balaban J connectivity index is 2.03. The lowest BCUT2D eigenvalue weighted by molar-refractivity contribution is 0.380. The molecular formula is C10H13NO. The third kappa shape index (κ3) is 0.942. The molecule has 64 valence electrons. The summed E-state index contributed by atoms with van der Waals surface area (Å²) in [5.74, 6) is 0. The molecule has 1 unspecified atom stereocenters. The molecule has 2 nitrogen and oxygen atoms in total. The average Bonchev–Trinajstić information content (AvgIpc) is 2.53. The zero-order chi connectivity index (χ0) is 8.60. The van der Waals surface area contributed by atoms with Crippen molar-refractivity contribution in [3.8, 4) is 0 Å². The van der Waals surface area contributed by atoms with Crippen LogP contribution in [0.5, 0.6) is 0 Å². The highest BCUT2D eigenvalue weighted by atomic mass is 16.3. The first-order valence-corrected chi connectivity index (χ1v) is 4.45. The Hall–Kier alpha value is -0.920. The van der Waals surface area contributed by atoms with Crippen molar-refractivity contribution in [3.63, 3.8) is 0 Å². The van der Waals surface area contributed by atoms with Gasteiger partial charge in [0.1, 0.15) is 6.04 Å². The molecule has 0 aromatic rings. The van der Waals surface area contributed by atoms with Crippen LogP contribution in [-0.2, 0) is 0 Å². The Kier molecular flexibility index (Phi) is 1.63. The Labute approximate surface area is 72.3 Å². The van der Waals surface area contributed by atoms with E-state index in [4.69, 9.17) is 0 Å². The van der Waals surface area contributed by atoms with E-state index >= 15 is 0 Å². The molecule has 0 N–H and O–H groups in total. The lowest BCUT2D eigenvalue weighted by Gasteiger charge is -2.28. The van der Waals surface area contributed by atoms with Gasteiger partial charge in [-0.2, -0.15) is 4.91 Å². The molecule has 1 saturated carbocycles. The molecule has 2 atom stereocenters. The second kappa shape index (κ2) is 2.54. The maximum Gasteiger partial charge on any atom is 0.114 e. The molecule has 0 aliphatic heterocycles. The molecule has 0 spiro atoms. The average molecular weight is 163 g/mol.